The quantitative estimate of drug-likeness (QED) is 0.541. The molecule has 4 heteroatoms. The molecule has 0 N–H and O–H groups in total. The fourth-order valence-electron chi connectivity index (χ4n) is 0.966. The predicted molar refractivity (Wildman–Crippen MR) is 51.8 cm³/mol. The largest absolute Gasteiger partial charge is 0.287 e. The van der Waals surface area contributed by atoms with Crippen molar-refractivity contribution in [1.29, 1.82) is 0 Å². The molecule has 0 amide bonds. The van der Waals surface area contributed by atoms with Crippen molar-refractivity contribution in [3.63, 3.8) is 0 Å². The molecular formula is C9H9ClNO2. The van der Waals surface area contributed by atoms with E-state index in [1.165, 1.54) is 6.07 Å². The molecule has 1 radical (unpaired) electrons. The molecule has 0 heterocycles. The molecule has 0 saturated carbocycles. The lowest BCUT2D eigenvalue weighted by Gasteiger charge is -2.04. The highest BCUT2D eigenvalue weighted by Gasteiger charge is 2.12. The van der Waals surface area contributed by atoms with Gasteiger partial charge in [-0.1, -0.05) is 31.5 Å². The number of rotatable bonds is 2. The summed E-state index contributed by atoms with van der Waals surface area (Å²) in [6.07, 6.45) is 0. The standard InChI is InChI=1S/C9H9ClNO2/c1-6(2)7-3-4-9(11(12)13)8(10)5-7/h3-5H,1-2H3. The van der Waals surface area contributed by atoms with Crippen molar-refractivity contribution in [2.45, 2.75) is 13.8 Å². The van der Waals surface area contributed by atoms with Crippen LogP contribution >= 0.6 is 11.6 Å². The van der Waals surface area contributed by atoms with Crippen LogP contribution in [0, 0.1) is 16.0 Å². The molecular weight excluding hydrogens is 190 g/mol. The zero-order chi connectivity index (χ0) is 10.0. The fraction of sp³-hybridized carbons (Fsp3) is 0.222. The van der Waals surface area contributed by atoms with Gasteiger partial charge < -0.3 is 0 Å². The van der Waals surface area contributed by atoms with Crippen LogP contribution in [0.1, 0.15) is 19.4 Å². The van der Waals surface area contributed by atoms with Crippen LogP contribution in [0.4, 0.5) is 5.69 Å². The minimum Gasteiger partial charge on any atom is -0.258 e. The Kier molecular flexibility index (Phi) is 2.88. The van der Waals surface area contributed by atoms with E-state index in [1.807, 2.05) is 13.8 Å². The van der Waals surface area contributed by atoms with Gasteiger partial charge in [-0.2, -0.15) is 0 Å². The first-order valence-electron chi connectivity index (χ1n) is 3.77. The van der Waals surface area contributed by atoms with E-state index in [-0.39, 0.29) is 10.7 Å². The molecule has 0 aliphatic carbocycles. The van der Waals surface area contributed by atoms with E-state index in [9.17, 15) is 10.1 Å². The summed E-state index contributed by atoms with van der Waals surface area (Å²) in [6, 6.07) is 4.72. The maximum absolute atomic E-state index is 10.4. The van der Waals surface area contributed by atoms with Gasteiger partial charge in [0.25, 0.3) is 5.69 Å². The molecule has 3 nitrogen and oxygen atoms in total. The summed E-state index contributed by atoms with van der Waals surface area (Å²) in [4.78, 5) is 9.93. The Morgan fingerprint density at radius 2 is 2.08 bits per heavy atom. The Balaban J connectivity index is 3.13. The average Bonchev–Trinajstić information content (AvgIpc) is 2.03. The molecule has 0 aliphatic heterocycles. The third-order valence-corrected chi connectivity index (χ3v) is 2.02. The summed E-state index contributed by atoms with van der Waals surface area (Å²) in [5.74, 6) is 1.08. The summed E-state index contributed by atoms with van der Waals surface area (Å²) in [7, 11) is 0. The van der Waals surface area contributed by atoms with E-state index in [0.717, 1.165) is 11.5 Å². The first kappa shape index (κ1) is 9.99. The zero-order valence-electron chi connectivity index (χ0n) is 7.37. The lowest BCUT2D eigenvalue weighted by Crippen LogP contribution is -1.92. The van der Waals surface area contributed by atoms with Gasteiger partial charge in [0.05, 0.1) is 4.92 Å². The van der Waals surface area contributed by atoms with E-state index >= 15 is 0 Å². The average molecular weight is 199 g/mol. The number of nitro benzene ring substituents is 1. The first-order valence-corrected chi connectivity index (χ1v) is 4.14. The van der Waals surface area contributed by atoms with Crippen LogP contribution < -0.4 is 0 Å². The summed E-state index contributed by atoms with van der Waals surface area (Å²) < 4.78 is 0. The molecule has 69 valence electrons. The maximum Gasteiger partial charge on any atom is 0.287 e. The lowest BCUT2D eigenvalue weighted by molar-refractivity contribution is -0.384. The number of benzene rings is 1. The summed E-state index contributed by atoms with van der Waals surface area (Å²) in [6.45, 7) is 3.86. The van der Waals surface area contributed by atoms with Crippen molar-refractivity contribution in [3.05, 3.63) is 44.8 Å². The van der Waals surface area contributed by atoms with Crippen LogP contribution in [0.25, 0.3) is 0 Å². The van der Waals surface area contributed by atoms with E-state index in [1.54, 1.807) is 12.1 Å². The zero-order valence-corrected chi connectivity index (χ0v) is 8.13. The van der Waals surface area contributed by atoms with E-state index in [4.69, 9.17) is 11.6 Å². The van der Waals surface area contributed by atoms with Gasteiger partial charge in [-0.05, 0) is 17.5 Å². The second-order valence-electron chi connectivity index (χ2n) is 2.92. The van der Waals surface area contributed by atoms with E-state index < -0.39 is 4.92 Å². The minimum absolute atomic E-state index is 0.0494. The highest BCUT2D eigenvalue weighted by atomic mass is 35.5. The molecule has 0 atom stereocenters. The summed E-state index contributed by atoms with van der Waals surface area (Å²) >= 11 is 5.71. The summed E-state index contributed by atoms with van der Waals surface area (Å²) in [5.41, 5.74) is 0.877. The number of halogens is 1. The Hall–Kier alpha value is -1.09. The Bertz CT molecular complexity index is 336. The predicted octanol–water partition coefficient (Wildman–Crippen LogP) is 3.21. The molecule has 0 aromatic heterocycles. The van der Waals surface area contributed by atoms with Gasteiger partial charge in [0.15, 0.2) is 0 Å². The van der Waals surface area contributed by atoms with Crippen molar-refractivity contribution < 1.29 is 4.92 Å². The van der Waals surface area contributed by atoms with Crippen LogP contribution in [-0.4, -0.2) is 4.92 Å². The monoisotopic (exact) mass is 198 g/mol. The minimum atomic E-state index is -0.489. The van der Waals surface area contributed by atoms with Crippen molar-refractivity contribution in [1.82, 2.24) is 0 Å². The third kappa shape index (κ3) is 2.18. The van der Waals surface area contributed by atoms with Crippen molar-refractivity contribution in [2.75, 3.05) is 0 Å². The number of hydrogen-bond acceptors (Lipinski definition) is 2. The Morgan fingerprint density at radius 1 is 1.46 bits per heavy atom. The van der Waals surface area contributed by atoms with Gasteiger partial charge in [-0.3, -0.25) is 10.1 Å². The normalized spacial score (nSPS) is 10.5. The molecule has 1 aromatic rings. The topological polar surface area (TPSA) is 43.1 Å². The van der Waals surface area contributed by atoms with Crippen LogP contribution in [0.3, 0.4) is 0 Å². The molecule has 1 rings (SSSR count). The van der Waals surface area contributed by atoms with E-state index in [0.29, 0.717) is 0 Å². The van der Waals surface area contributed by atoms with Crippen LogP contribution in [-0.2, 0) is 0 Å². The van der Waals surface area contributed by atoms with Gasteiger partial charge in [0, 0.05) is 6.07 Å². The van der Waals surface area contributed by atoms with Crippen LogP contribution in [0.2, 0.25) is 5.02 Å². The lowest BCUT2D eigenvalue weighted by atomic mass is 10.0. The molecule has 1 aromatic carbocycles. The van der Waals surface area contributed by atoms with Crippen molar-refractivity contribution in [2.24, 2.45) is 0 Å². The number of hydrogen-bond donors (Lipinski definition) is 0. The summed E-state index contributed by atoms with van der Waals surface area (Å²) in [5, 5.41) is 10.6. The molecule has 0 spiro atoms. The molecule has 0 bridgehead atoms. The Morgan fingerprint density at radius 3 is 2.46 bits per heavy atom. The van der Waals surface area contributed by atoms with Crippen LogP contribution in [0.5, 0.6) is 0 Å². The van der Waals surface area contributed by atoms with Crippen molar-refractivity contribution >= 4 is 17.3 Å². The van der Waals surface area contributed by atoms with Gasteiger partial charge in [-0.15, -0.1) is 0 Å². The molecule has 13 heavy (non-hydrogen) atoms. The first-order chi connectivity index (χ1) is 6.02. The highest BCUT2D eigenvalue weighted by Crippen LogP contribution is 2.27. The number of nitrogens with zero attached hydrogens (tertiary/aromatic N) is 1. The maximum atomic E-state index is 10.4. The van der Waals surface area contributed by atoms with Crippen molar-refractivity contribution in [3.8, 4) is 0 Å². The Labute approximate surface area is 81.5 Å². The second-order valence-corrected chi connectivity index (χ2v) is 3.33. The smallest absolute Gasteiger partial charge is 0.258 e. The SMILES string of the molecule is C[C](C)c1ccc([N+](=O)[O-])c(Cl)c1. The third-order valence-electron chi connectivity index (χ3n) is 1.72. The molecule has 0 fully saturated rings. The highest BCUT2D eigenvalue weighted by molar-refractivity contribution is 6.32. The molecule has 0 aliphatic rings. The molecule has 0 saturated heterocycles. The van der Waals surface area contributed by atoms with Gasteiger partial charge in [0.1, 0.15) is 5.02 Å². The second kappa shape index (κ2) is 3.75. The fourth-order valence-corrected chi connectivity index (χ4v) is 1.22. The number of nitro groups is 1. The van der Waals surface area contributed by atoms with Gasteiger partial charge in [0.2, 0.25) is 0 Å². The van der Waals surface area contributed by atoms with Gasteiger partial charge in [-0.25, -0.2) is 0 Å². The van der Waals surface area contributed by atoms with Gasteiger partial charge >= 0.3 is 0 Å². The molecule has 0 unspecified atom stereocenters. The van der Waals surface area contributed by atoms with E-state index in [2.05, 4.69) is 0 Å². The van der Waals surface area contributed by atoms with Crippen LogP contribution in [0.15, 0.2) is 18.2 Å².